The lowest BCUT2D eigenvalue weighted by molar-refractivity contribution is -0.119. The van der Waals surface area contributed by atoms with Gasteiger partial charge < -0.3 is 10.1 Å². The van der Waals surface area contributed by atoms with Gasteiger partial charge in [-0.3, -0.25) is 4.79 Å². The Balaban J connectivity index is 1.95. The van der Waals surface area contributed by atoms with Gasteiger partial charge in [0.2, 0.25) is 0 Å². The van der Waals surface area contributed by atoms with E-state index in [9.17, 15) is 18.0 Å². The monoisotopic (exact) mass is 368 g/mol. The maximum atomic E-state index is 11.9. The molecule has 7 nitrogen and oxygen atoms in total. The zero-order valence-electron chi connectivity index (χ0n) is 12.5. The van der Waals surface area contributed by atoms with Gasteiger partial charge in [0.15, 0.2) is 16.4 Å². The molecule has 1 aromatic carbocycles. The number of carbonyl (C=O) groups excluding carboxylic acids is 2. The van der Waals surface area contributed by atoms with Gasteiger partial charge in [0.25, 0.3) is 5.91 Å². The van der Waals surface area contributed by atoms with Crippen LogP contribution in [0.1, 0.15) is 10.4 Å². The summed E-state index contributed by atoms with van der Waals surface area (Å²) in [6, 6.07) is 8.42. The van der Waals surface area contributed by atoms with Crippen molar-refractivity contribution < 1.29 is 22.7 Å². The Morgan fingerprint density at radius 2 is 2.00 bits per heavy atom. The van der Waals surface area contributed by atoms with Crippen molar-refractivity contribution in [2.24, 2.45) is 0 Å². The highest BCUT2D eigenvalue weighted by atomic mass is 35.5. The van der Waals surface area contributed by atoms with Crippen LogP contribution in [0.4, 0.5) is 5.82 Å². The second-order valence-electron chi connectivity index (χ2n) is 4.79. The first-order valence-corrected chi connectivity index (χ1v) is 8.91. The summed E-state index contributed by atoms with van der Waals surface area (Å²) >= 11 is 5.68. The molecular weight excluding hydrogens is 356 g/mol. The number of esters is 1. The van der Waals surface area contributed by atoms with Crippen molar-refractivity contribution in [3.05, 3.63) is 53.2 Å². The molecule has 24 heavy (non-hydrogen) atoms. The number of pyridine rings is 1. The van der Waals surface area contributed by atoms with Gasteiger partial charge in [-0.2, -0.15) is 0 Å². The molecule has 0 bridgehead atoms. The van der Waals surface area contributed by atoms with Crippen LogP contribution in [0.3, 0.4) is 0 Å². The lowest BCUT2D eigenvalue weighted by Gasteiger charge is -2.07. The third-order valence-corrected chi connectivity index (χ3v) is 4.16. The number of hydrogen-bond acceptors (Lipinski definition) is 6. The van der Waals surface area contributed by atoms with Gasteiger partial charge in [0.05, 0.1) is 15.5 Å². The van der Waals surface area contributed by atoms with E-state index in [0.717, 1.165) is 6.26 Å². The van der Waals surface area contributed by atoms with Gasteiger partial charge in [-0.05, 0) is 30.3 Å². The first kappa shape index (κ1) is 17.9. The minimum atomic E-state index is -3.44. The van der Waals surface area contributed by atoms with E-state index in [-0.39, 0.29) is 16.3 Å². The molecule has 0 aliphatic rings. The number of halogens is 1. The van der Waals surface area contributed by atoms with Crippen LogP contribution in [0.5, 0.6) is 0 Å². The molecule has 9 heteroatoms. The van der Waals surface area contributed by atoms with Crippen molar-refractivity contribution in [3.8, 4) is 0 Å². The highest BCUT2D eigenvalue weighted by Gasteiger charge is 2.14. The number of ether oxygens (including phenoxy) is 1. The standard InChI is InChI=1S/C15H13ClN2O5S/c1-24(21,22)12-4-2-3-10(7-12)15(20)23-9-14(19)18-13-6-5-11(16)8-17-13/h2-8H,9H2,1H3,(H,17,18,19). The maximum absolute atomic E-state index is 11.9. The molecule has 1 amide bonds. The predicted molar refractivity (Wildman–Crippen MR) is 87.7 cm³/mol. The van der Waals surface area contributed by atoms with E-state index in [1.165, 1.54) is 36.5 Å². The molecule has 1 aromatic heterocycles. The van der Waals surface area contributed by atoms with E-state index in [2.05, 4.69) is 10.3 Å². The molecule has 0 spiro atoms. The first-order valence-electron chi connectivity index (χ1n) is 6.64. The number of nitrogens with one attached hydrogen (secondary N) is 1. The Labute approximate surface area is 143 Å². The average molecular weight is 369 g/mol. The Kier molecular flexibility index (Phi) is 5.53. The summed E-state index contributed by atoms with van der Waals surface area (Å²) < 4.78 is 27.8. The lowest BCUT2D eigenvalue weighted by atomic mass is 10.2. The third kappa shape index (κ3) is 5.04. The predicted octanol–water partition coefficient (Wildman–Crippen LogP) is 1.93. The molecule has 0 saturated heterocycles. The highest BCUT2D eigenvalue weighted by molar-refractivity contribution is 7.90. The first-order chi connectivity index (χ1) is 11.3. The van der Waals surface area contributed by atoms with Gasteiger partial charge in [0.1, 0.15) is 5.82 Å². The largest absolute Gasteiger partial charge is 0.452 e. The fourth-order valence-electron chi connectivity index (χ4n) is 1.70. The molecule has 1 heterocycles. The molecule has 0 unspecified atom stereocenters. The zero-order chi connectivity index (χ0) is 17.7. The summed E-state index contributed by atoms with van der Waals surface area (Å²) in [6.45, 7) is -0.535. The molecule has 2 aromatic rings. The quantitative estimate of drug-likeness (QED) is 0.809. The van der Waals surface area contributed by atoms with Crippen molar-refractivity contribution in [1.82, 2.24) is 4.98 Å². The van der Waals surface area contributed by atoms with E-state index in [1.807, 2.05) is 0 Å². The minimum absolute atomic E-state index is 0.00762. The van der Waals surface area contributed by atoms with Crippen LogP contribution in [0.2, 0.25) is 5.02 Å². The summed E-state index contributed by atoms with van der Waals surface area (Å²) in [6.07, 6.45) is 2.39. The second kappa shape index (κ2) is 7.41. The minimum Gasteiger partial charge on any atom is -0.452 e. The van der Waals surface area contributed by atoms with Crippen molar-refractivity contribution >= 4 is 39.1 Å². The number of amides is 1. The van der Waals surface area contributed by atoms with Gasteiger partial charge >= 0.3 is 5.97 Å². The Morgan fingerprint density at radius 1 is 1.25 bits per heavy atom. The van der Waals surface area contributed by atoms with E-state index in [1.54, 1.807) is 6.07 Å². The molecule has 0 radical (unpaired) electrons. The molecule has 0 aliphatic carbocycles. The molecule has 0 fully saturated rings. The fourth-order valence-corrected chi connectivity index (χ4v) is 2.48. The third-order valence-electron chi connectivity index (χ3n) is 2.83. The Morgan fingerprint density at radius 3 is 2.62 bits per heavy atom. The van der Waals surface area contributed by atoms with Gasteiger partial charge in [-0.15, -0.1) is 0 Å². The Hall–Kier alpha value is -2.45. The van der Waals surface area contributed by atoms with E-state index in [0.29, 0.717) is 5.02 Å². The number of nitrogens with zero attached hydrogens (tertiary/aromatic N) is 1. The van der Waals surface area contributed by atoms with Gasteiger partial charge in [-0.1, -0.05) is 17.7 Å². The maximum Gasteiger partial charge on any atom is 0.338 e. The topological polar surface area (TPSA) is 102 Å². The molecule has 126 valence electrons. The number of benzene rings is 1. The molecule has 0 atom stereocenters. The number of rotatable bonds is 5. The number of aromatic nitrogens is 1. The van der Waals surface area contributed by atoms with E-state index in [4.69, 9.17) is 16.3 Å². The number of hydrogen-bond donors (Lipinski definition) is 1. The molecular formula is C15H13ClN2O5S. The molecule has 2 rings (SSSR count). The van der Waals surface area contributed by atoms with Crippen LogP contribution < -0.4 is 5.32 Å². The van der Waals surface area contributed by atoms with Crippen molar-refractivity contribution in [2.45, 2.75) is 4.90 Å². The van der Waals surface area contributed by atoms with Crippen molar-refractivity contribution in [2.75, 3.05) is 18.2 Å². The summed E-state index contributed by atoms with van der Waals surface area (Å²) in [7, 11) is -3.44. The van der Waals surface area contributed by atoms with Crippen LogP contribution >= 0.6 is 11.6 Å². The van der Waals surface area contributed by atoms with Crippen molar-refractivity contribution in [3.63, 3.8) is 0 Å². The fraction of sp³-hybridized carbons (Fsp3) is 0.133. The lowest BCUT2D eigenvalue weighted by Crippen LogP contribution is -2.21. The number of carbonyl (C=O) groups is 2. The summed E-state index contributed by atoms with van der Waals surface area (Å²) in [4.78, 5) is 27.5. The average Bonchev–Trinajstić information content (AvgIpc) is 2.54. The van der Waals surface area contributed by atoms with E-state index < -0.39 is 28.3 Å². The summed E-state index contributed by atoms with van der Waals surface area (Å²) in [5, 5.41) is 2.85. The van der Waals surface area contributed by atoms with E-state index >= 15 is 0 Å². The molecule has 0 aliphatic heterocycles. The van der Waals surface area contributed by atoms with Crippen LogP contribution in [-0.4, -0.2) is 38.1 Å². The van der Waals surface area contributed by atoms with Crippen molar-refractivity contribution in [1.29, 1.82) is 0 Å². The summed E-state index contributed by atoms with van der Waals surface area (Å²) in [5.41, 5.74) is 0.0374. The van der Waals surface area contributed by atoms with Crippen LogP contribution in [-0.2, 0) is 19.4 Å². The number of sulfone groups is 1. The second-order valence-corrected chi connectivity index (χ2v) is 7.24. The zero-order valence-corrected chi connectivity index (χ0v) is 14.1. The highest BCUT2D eigenvalue weighted by Crippen LogP contribution is 2.12. The van der Waals surface area contributed by atoms with Gasteiger partial charge in [0, 0.05) is 12.5 Å². The molecule has 1 N–H and O–H groups in total. The number of anilines is 1. The van der Waals surface area contributed by atoms with Gasteiger partial charge in [-0.25, -0.2) is 18.2 Å². The summed E-state index contributed by atoms with van der Waals surface area (Å²) in [5.74, 6) is -1.13. The van der Waals surface area contributed by atoms with Crippen LogP contribution in [0, 0.1) is 0 Å². The SMILES string of the molecule is CS(=O)(=O)c1cccc(C(=O)OCC(=O)Nc2ccc(Cl)cn2)c1. The Bertz CT molecular complexity index is 866. The smallest absolute Gasteiger partial charge is 0.338 e. The van der Waals surface area contributed by atoms with Crippen LogP contribution in [0.15, 0.2) is 47.5 Å². The normalized spacial score (nSPS) is 10.9. The van der Waals surface area contributed by atoms with Crippen LogP contribution in [0.25, 0.3) is 0 Å². The molecule has 0 saturated carbocycles.